The number of halogens is 1. The highest BCUT2D eigenvalue weighted by atomic mass is 32.2. The van der Waals surface area contributed by atoms with Crippen molar-refractivity contribution >= 4 is 52.1 Å². The fraction of sp³-hybridized carbons (Fsp3) is 0.423. The molecule has 0 spiro atoms. The number of nitrogens with zero attached hydrogens (tertiary/aromatic N) is 3. The zero-order chi connectivity index (χ0) is 25.4. The number of aromatic nitrogens is 2. The van der Waals surface area contributed by atoms with Gasteiger partial charge >= 0.3 is 0 Å². The lowest BCUT2D eigenvalue weighted by Gasteiger charge is -2.35. The highest BCUT2D eigenvalue weighted by molar-refractivity contribution is 7.99. The summed E-state index contributed by atoms with van der Waals surface area (Å²) in [6, 6.07) is 11.8. The molecule has 2 aromatic heterocycles. The first-order valence-corrected chi connectivity index (χ1v) is 14.4. The topological polar surface area (TPSA) is 105 Å². The van der Waals surface area contributed by atoms with Gasteiger partial charge in [0, 0.05) is 33.3 Å². The Kier molecular flexibility index (Phi) is 6.92. The van der Waals surface area contributed by atoms with Crippen LogP contribution in [-0.4, -0.2) is 46.3 Å². The maximum atomic E-state index is 14.8. The number of nitrogens with two attached hydrogens (primary N) is 1. The number of anilines is 4. The number of amides is 1. The van der Waals surface area contributed by atoms with Crippen molar-refractivity contribution in [3.63, 3.8) is 0 Å². The maximum Gasteiger partial charge on any atom is 0.229 e. The summed E-state index contributed by atoms with van der Waals surface area (Å²) in [5.74, 6) is 0.395. The molecular weight excluding hydrogens is 511 g/mol. The second-order valence-corrected chi connectivity index (χ2v) is 12.2. The highest BCUT2D eigenvalue weighted by Gasteiger charge is 2.55. The summed E-state index contributed by atoms with van der Waals surface area (Å²) in [4.78, 5) is 24.4. The summed E-state index contributed by atoms with van der Waals surface area (Å²) in [7, 11) is 0. The van der Waals surface area contributed by atoms with E-state index in [1.165, 1.54) is 4.88 Å². The van der Waals surface area contributed by atoms with Crippen molar-refractivity contribution in [2.75, 3.05) is 34.6 Å². The Balaban J connectivity index is 1.32. The lowest BCUT2D eigenvalue weighted by Crippen LogP contribution is -2.46. The summed E-state index contributed by atoms with van der Waals surface area (Å²) >= 11 is 3.59. The van der Waals surface area contributed by atoms with E-state index in [1.807, 2.05) is 36.0 Å². The molecule has 8 nitrogen and oxygen atoms in total. The molecule has 0 radical (unpaired) electrons. The number of carbonyl (C=O) groups is 1. The van der Waals surface area contributed by atoms with Crippen LogP contribution in [0.5, 0.6) is 0 Å². The predicted octanol–water partition coefficient (Wildman–Crippen LogP) is 4.44. The van der Waals surface area contributed by atoms with Gasteiger partial charge in [-0.3, -0.25) is 4.79 Å². The van der Waals surface area contributed by atoms with Crippen LogP contribution in [-0.2, 0) is 16.1 Å². The van der Waals surface area contributed by atoms with Gasteiger partial charge in [-0.15, -0.1) is 11.3 Å². The average molecular weight is 541 g/mol. The summed E-state index contributed by atoms with van der Waals surface area (Å²) in [6.45, 7) is 1.82. The van der Waals surface area contributed by atoms with E-state index in [-0.39, 0.29) is 41.5 Å². The molecule has 2 aliphatic carbocycles. The molecule has 1 aliphatic heterocycles. The number of nitrogens with one attached hydrogen (secondary N) is 2. The number of ether oxygens (including phenoxy) is 1. The standard InChI is InChI=1S/C26H29FN6O2S2/c27-20-12-29-26-30-16-3-1-4-17(11-16)33(13-18-5-2-7-36-18)14-35-6-8-37-21-10-15-9-19(21)23(22(15)24(28)34)31-25(20)32-26/h1-5,7,11-12,15,19,21-23H,6,8-10,13-14H2,(H2,28,34)(H2,29,30,31,32)/t15-,19+,21+,22-,23+/m0/s1. The molecule has 0 unspecified atom stereocenters. The molecule has 37 heavy (non-hydrogen) atoms. The molecule has 3 heterocycles. The SMILES string of the molecule is NC(=O)[C@H]1[C@H]2C[C@H]3[C@H]1Nc1nc(ncc1F)Nc1cccc(c1)N(Cc1cccs1)COCCS[C@@H]3C2. The molecule has 11 heteroatoms. The van der Waals surface area contributed by atoms with Crippen LogP contribution < -0.4 is 21.3 Å². The second kappa shape index (κ2) is 10.5. The summed E-state index contributed by atoms with van der Waals surface area (Å²) in [5, 5.41) is 8.90. The number of hydrogen-bond donors (Lipinski definition) is 3. The van der Waals surface area contributed by atoms with Gasteiger partial charge in [-0.1, -0.05) is 12.1 Å². The van der Waals surface area contributed by atoms with Crippen molar-refractivity contribution in [3.05, 3.63) is 58.7 Å². The number of fused-ring (bicyclic) bond motifs is 5. The first kappa shape index (κ1) is 24.4. The minimum atomic E-state index is -0.553. The quantitative estimate of drug-likeness (QED) is 0.448. The molecule has 6 bridgehead atoms. The molecule has 3 aliphatic rings. The van der Waals surface area contributed by atoms with Gasteiger partial charge in [0.2, 0.25) is 11.9 Å². The molecule has 1 aromatic carbocycles. The van der Waals surface area contributed by atoms with E-state index < -0.39 is 5.82 Å². The van der Waals surface area contributed by atoms with Gasteiger partial charge in [0.1, 0.15) is 6.73 Å². The van der Waals surface area contributed by atoms with Crippen molar-refractivity contribution in [1.29, 1.82) is 0 Å². The summed E-state index contributed by atoms with van der Waals surface area (Å²) < 4.78 is 21.0. The van der Waals surface area contributed by atoms with Crippen LogP contribution in [0.2, 0.25) is 0 Å². The van der Waals surface area contributed by atoms with Gasteiger partial charge in [-0.25, -0.2) is 9.37 Å². The molecular formula is C26H29FN6O2S2. The van der Waals surface area contributed by atoms with Gasteiger partial charge in [-0.2, -0.15) is 16.7 Å². The smallest absolute Gasteiger partial charge is 0.229 e. The zero-order valence-corrected chi connectivity index (χ0v) is 21.8. The molecule has 2 fully saturated rings. The van der Waals surface area contributed by atoms with Crippen LogP contribution in [0, 0.1) is 23.6 Å². The minimum absolute atomic E-state index is 0.0909. The number of benzene rings is 1. The monoisotopic (exact) mass is 540 g/mol. The van der Waals surface area contributed by atoms with Crippen LogP contribution >= 0.6 is 23.1 Å². The fourth-order valence-electron chi connectivity index (χ4n) is 5.93. The fourth-order valence-corrected chi connectivity index (χ4v) is 8.08. The Labute approximate surface area is 223 Å². The summed E-state index contributed by atoms with van der Waals surface area (Å²) in [5.41, 5.74) is 7.58. The maximum absolute atomic E-state index is 14.8. The number of hydrogen-bond acceptors (Lipinski definition) is 9. The number of thioether (sulfide) groups is 1. The van der Waals surface area contributed by atoms with Gasteiger partial charge < -0.3 is 26.0 Å². The molecule has 194 valence electrons. The van der Waals surface area contributed by atoms with E-state index >= 15 is 0 Å². The third-order valence-corrected chi connectivity index (χ3v) is 9.75. The lowest BCUT2D eigenvalue weighted by molar-refractivity contribution is -0.123. The Morgan fingerprint density at radius 2 is 2.19 bits per heavy atom. The Bertz CT molecular complexity index is 1260. The van der Waals surface area contributed by atoms with Gasteiger partial charge in [0.25, 0.3) is 0 Å². The molecule has 3 aromatic rings. The molecule has 2 saturated carbocycles. The van der Waals surface area contributed by atoms with Crippen LogP contribution in [0.25, 0.3) is 0 Å². The highest BCUT2D eigenvalue weighted by Crippen LogP contribution is 2.53. The van der Waals surface area contributed by atoms with Crippen molar-refractivity contribution in [1.82, 2.24) is 9.97 Å². The van der Waals surface area contributed by atoms with E-state index in [4.69, 9.17) is 10.5 Å². The minimum Gasteiger partial charge on any atom is -0.369 e. The van der Waals surface area contributed by atoms with Gasteiger partial charge in [0.15, 0.2) is 11.6 Å². The predicted molar refractivity (Wildman–Crippen MR) is 146 cm³/mol. The third kappa shape index (κ3) is 5.12. The average Bonchev–Trinajstić information content (AvgIpc) is 3.62. The van der Waals surface area contributed by atoms with E-state index in [9.17, 15) is 9.18 Å². The Morgan fingerprint density at radius 3 is 3.03 bits per heavy atom. The summed E-state index contributed by atoms with van der Waals surface area (Å²) in [6.07, 6.45) is 3.00. The van der Waals surface area contributed by atoms with Gasteiger partial charge in [0.05, 0.1) is 25.3 Å². The van der Waals surface area contributed by atoms with Crippen molar-refractivity contribution < 1.29 is 13.9 Å². The molecule has 4 N–H and O–H groups in total. The van der Waals surface area contributed by atoms with E-state index in [0.29, 0.717) is 18.6 Å². The number of primary amides is 1. The Hall–Kier alpha value is -2.89. The number of rotatable bonds is 3. The van der Waals surface area contributed by atoms with E-state index in [1.54, 1.807) is 11.3 Å². The van der Waals surface area contributed by atoms with Crippen LogP contribution in [0.3, 0.4) is 0 Å². The lowest BCUT2D eigenvalue weighted by atomic mass is 9.83. The van der Waals surface area contributed by atoms with Crippen molar-refractivity contribution in [2.24, 2.45) is 23.5 Å². The van der Waals surface area contributed by atoms with Gasteiger partial charge in [-0.05, 0) is 54.3 Å². The normalized spacial score (nSPS) is 27.3. The van der Waals surface area contributed by atoms with Crippen molar-refractivity contribution in [3.8, 4) is 0 Å². The largest absolute Gasteiger partial charge is 0.369 e. The van der Waals surface area contributed by atoms with Crippen LogP contribution in [0.4, 0.5) is 27.5 Å². The third-order valence-electron chi connectivity index (χ3n) is 7.52. The molecule has 1 amide bonds. The van der Waals surface area contributed by atoms with Crippen LogP contribution in [0.1, 0.15) is 17.7 Å². The second-order valence-electron chi connectivity index (χ2n) is 9.78. The number of carbonyl (C=O) groups excluding carboxylic acids is 1. The number of thiophene rings is 1. The first-order valence-electron chi connectivity index (χ1n) is 12.5. The van der Waals surface area contributed by atoms with Crippen molar-refractivity contribution in [2.45, 2.75) is 30.7 Å². The Morgan fingerprint density at radius 1 is 1.27 bits per heavy atom. The zero-order valence-electron chi connectivity index (χ0n) is 20.2. The molecule has 0 saturated heterocycles. The molecule has 5 atom stereocenters. The van der Waals surface area contributed by atoms with E-state index in [0.717, 1.165) is 42.7 Å². The first-order chi connectivity index (χ1) is 18.0. The van der Waals surface area contributed by atoms with Crippen LogP contribution in [0.15, 0.2) is 48.0 Å². The molecule has 6 rings (SSSR count). The van der Waals surface area contributed by atoms with E-state index in [2.05, 4.69) is 43.0 Å².